The average Bonchev–Trinajstić information content (AvgIpc) is 1.83. The first kappa shape index (κ1) is 7.64. The van der Waals surface area contributed by atoms with Crippen molar-refractivity contribution in [3.8, 4) is 12.3 Å². The van der Waals surface area contributed by atoms with Gasteiger partial charge in [0.25, 0.3) is 0 Å². The molecule has 0 rings (SSSR count). The second-order valence-corrected chi connectivity index (χ2v) is 1.45. The summed E-state index contributed by atoms with van der Waals surface area (Å²) in [5.74, 6) is 1.18. The number of allylic oxidation sites excluding steroid dienone is 2. The van der Waals surface area contributed by atoms with Gasteiger partial charge in [-0.2, -0.15) is 0 Å². The lowest BCUT2D eigenvalue weighted by Crippen LogP contribution is -1.87. The minimum absolute atomic E-state index is 0.182. The summed E-state index contributed by atoms with van der Waals surface area (Å²) in [6, 6.07) is 0. The number of hydrogen-bond acceptors (Lipinski definition) is 2. The van der Waals surface area contributed by atoms with Gasteiger partial charge in [0.1, 0.15) is 0 Å². The molecule has 0 saturated heterocycles. The number of ketones is 2. The summed E-state index contributed by atoms with van der Waals surface area (Å²) in [5.41, 5.74) is 0. The third-order valence-electron chi connectivity index (χ3n) is 0.612. The second kappa shape index (κ2) is 3.62. The van der Waals surface area contributed by atoms with Crippen LogP contribution in [0, 0.1) is 12.3 Å². The maximum Gasteiger partial charge on any atom is 0.228 e. The molecule has 0 amide bonds. The molecule has 0 aliphatic carbocycles. The van der Waals surface area contributed by atoms with Gasteiger partial charge in [-0.1, -0.05) is 0 Å². The third kappa shape index (κ3) is 4.49. The third-order valence-corrected chi connectivity index (χ3v) is 0.612. The van der Waals surface area contributed by atoms with Gasteiger partial charge in [0.15, 0.2) is 5.78 Å². The molecule has 0 aromatic heterocycles. The molecule has 0 saturated carbocycles. The molecule has 2 heteroatoms. The van der Waals surface area contributed by atoms with Crippen LogP contribution in [-0.4, -0.2) is 11.6 Å². The molecule has 0 unspecified atom stereocenters. The van der Waals surface area contributed by atoms with Crippen LogP contribution in [0.3, 0.4) is 0 Å². The van der Waals surface area contributed by atoms with Gasteiger partial charge >= 0.3 is 0 Å². The van der Waals surface area contributed by atoms with Crippen molar-refractivity contribution in [1.29, 1.82) is 0 Å². The minimum atomic E-state index is -0.481. The largest absolute Gasteiger partial charge is 0.295 e. The van der Waals surface area contributed by atoms with E-state index in [1.165, 1.54) is 6.92 Å². The van der Waals surface area contributed by atoms with Crippen LogP contribution in [0.1, 0.15) is 6.92 Å². The van der Waals surface area contributed by atoms with Gasteiger partial charge in [0.2, 0.25) is 5.78 Å². The van der Waals surface area contributed by atoms with Crippen molar-refractivity contribution in [1.82, 2.24) is 0 Å². The van der Waals surface area contributed by atoms with Gasteiger partial charge in [-0.3, -0.25) is 9.59 Å². The molecule has 0 aromatic carbocycles. The Morgan fingerprint density at radius 3 is 2.33 bits per heavy atom. The smallest absolute Gasteiger partial charge is 0.228 e. The van der Waals surface area contributed by atoms with Crippen molar-refractivity contribution in [2.45, 2.75) is 6.92 Å². The van der Waals surface area contributed by atoms with Crippen molar-refractivity contribution in [2.24, 2.45) is 0 Å². The van der Waals surface area contributed by atoms with E-state index in [9.17, 15) is 9.59 Å². The molecule has 9 heavy (non-hydrogen) atoms. The first-order chi connectivity index (χ1) is 4.16. The zero-order valence-corrected chi connectivity index (χ0v) is 5.05. The molecule has 0 bridgehead atoms. The number of carbonyl (C=O) groups is 2. The molecule has 2 nitrogen and oxygen atoms in total. The Morgan fingerprint density at radius 2 is 2.00 bits per heavy atom. The Bertz CT molecular complexity index is 193. The van der Waals surface area contributed by atoms with Gasteiger partial charge < -0.3 is 0 Å². The highest BCUT2D eigenvalue weighted by Gasteiger charge is 1.86. The van der Waals surface area contributed by atoms with E-state index in [1.807, 2.05) is 5.92 Å². The topological polar surface area (TPSA) is 34.1 Å². The van der Waals surface area contributed by atoms with Crippen molar-refractivity contribution >= 4 is 11.6 Å². The maximum absolute atomic E-state index is 10.2. The van der Waals surface area contributed by atoms with Crippen LogP contribution in [0.25, 0.3) is 0 Å². The zero-order valence-electron chi connectivity index (χ0n) is 5.05. The van der Waals surface area contributed by atoms with Gasteiger partial charge in [0.05, 0.1) is 0 Å². The fourth-order valence-corrected chi connectivity index (χ4v) is 0.241. The summed E-state index contributed by atoms with van der Waals surface area (Å²) in [7, 11) is 0. The van der Waals surface area contributed by atoms with Gasteiger partial charge in [-0.25, -0.2) is 0 Å². The second-order valence-electron chi connectivity index (χ2n) is 1.45. The molecule has 0 aliphatic heterocycles. The fraction of sp³-hybridized carbons (Fsp3) is 0.143. The summed E-state index contributed by atoms with van der Waals surface area (Å²) in [6.45, 7) is 1.35. The van der Waals surface area contributed by atoms with E-state index in [4.69, 9.17) is 6.42 Å². The van der Waals surface area contributed by atoms with E-state index < -0.39 is 5.78 Å². The Balaban J connectivity index is 3.90. The van der Waals surface area contributed by atoms with E-state index >= 15 is 0 Å². The van der Waals surface area contributed by atoms with E-state index in [1.54, 1.807) is 0 Å². The van der Waals surface area contributed by atoms with Crippen LogP contribution in [0.2, 0.25) is 0 Å². The number of rotatable bonds is 2. The quantitative estimate of drug-likeness (QED) is 0.300. The summed E-state index contributed by atoms with van der Waals surface area (Å²) >= 11 is 0. The average molecular weight is 122 g/mol. The highest BCUT2D eigenvalue weighted by atomic mass is 16.1. The monoisotopic (exact) mass is 122 g/mol. The molecule has 0 radical (unpaired) electrons. The lowest BCUT2D eigenvalue weighted by Gasteiger charge is -1.74. The molecule has 0 aliphatic rings. The van der Waals surface area contributed by atoms with Crippen molar-refractivity contribution in [2.75, 3.05) is 0 Å². The van der Waals surface area contributed by atoms with Crippen LogP contribution < -0.4 is 0 Å². The first-order valence-corrected chi connectivity index (χ1v) is 2.36. The van der Waals surface area contributed by atoms with Crippen LogP contribution >= 0.6 is 0 Å². The SMILES string of the molecule is C#CC(=O)/C=C\C(C)=O. The maximum atomic E-state index is 10.2. The van der Waals surface area contributed by atoms with Gasteiger partial charge in [-0.15, -0.1) is 6.42 Å². The van der Waals surface area contributed by atoms with Crippen LogP contribution in [-0.2, 0) is 9.59 Å². The summed E-state index contributed by atoms with van der Waals surface area (Å²) < 4.78 is 0. The summed E-state index contributed by atoms with van der Waals surface area (Å²) in [4.78, 5) is 20.4. The first-order valence-electron chi connectivity index (χ1n) is 2.36. The number of hydrogen-bond donors (Lipinski definition) is 0. The van der Waals surface area contributed by atoms with Crippen LogP contribution in [0.15, 0.2) is 12.2 Å². The normalized spacial score (nSPS) is 8.89. The summed E-state index contributed by atoms with van der Waals surface area (Å²) in [5, 5.41) is 0. The standard InChI is InChI=1S/C7H6O2/c1-3-7(9)5-4-6(2)8/h1,4-5H,2H3/b5-4-. The van der Waals surface area contributed by atoms with Crippen LogP contribution in [0.5, 0.6) is 0 Å². The molecule has 46 valence electrons. The van der Waals surface area contributed by atoms with E-state index in [0.29, 0.717) is 0 Å². The zero-order chi connectivity index (χ0) is 7.28. The Kier molecular flexibility index (Phi) is 3.07. The Morgan fingerprint density at radius 1 is 1.44 bits per heavy atom. The van der Waals surface area contributed by atoms with E-state index in [2.05, 4.69) is 0 Å². The van der Waals surface area contributed by atoms with E-state index in [-0.39, 0.29) is 5.78 Å². The Hall–Kier alpha value is -1.36. The fourth-order valence-electron chi connectivity index (χ4n) is 0.241. The molecular weight excluding hydrogens is 116 g/mol. The summed E-state index contributed by atoms with van der Waals surface area (Å²) in [6.07, 6.45) is 6.91. The number of carbonyl (C=O) groups excluding carboxylic acids is 2. The van der Waals surface area contributed by atoms with Crippen LogP contribution in [0.4, 0.5) is 0 Å². The molecule has 0 spiro atoms. The van der Waals surface area contributed by atoms with Crippen molar-refractivity contribution < 1.29 is 9.59 Å². The molecular formula is C7H6O2. The predicted molar refractivity (Wildman–Crippen MR) is 33.7 cm³/mol. The van der Waals surface area contributed by atoms with Gasteiger partial charge in [0, 0.05) is 0 Å². The Labute approximate surface area is 53.6 Å². The molecule has 0 aromatic rings. The predicted octanol–water partition coefficient (Wildman–Crippen LogP) is 0.334. The molecule has 0 atom stereocenters. The minimum Gasteiger partial charge on any atom is -0.295 e. The lowest BCUT2D eigenvalue weighted by atomic mass is 10.3. The van der Waals surface area contributed by atoms with E-state index in [0.717, 1.165) is 12.2 Å². The molecule has 0 fully saturated rings. The van der Waals surface area contributed by atoms with Crippen molar-refractivity contribution in [3.63, 3.8) is 0 Å². The highest BCUT2D eigenvalue weighted by Crippen LogP contribution is 1.75. The molecule has 0 heterocycles. The van der Waals surface area contributed by atoms with Crippen molar-refractivity contribution in [3.05, 3.63) is 12.2 Å². The highest BCUT2D eigenvalue weighted by molar-refractivity contribution is 6.06. The lowest BCUT2D eigenvalue weighted by molar-refractivity contribution is -0.113. The van der Waals surface area contributed by atoms with Gasteiger partial charge in [-0.05, 0) is 25.0 Å². The molecule has 0 N–H and O–H groups in total. The number of terminal acetylenes is 1.